The van der Waals surface area contributed by atoms with Gasteiger partial charge in [-0.15, -0.1) is 0 Å². The van der Waals surface area contributed by atoms with Gasteiger partial charge in [-0.05, 0) is 12.5 Å². The molecule has 0 aromatic rings. The first-order valence-electron chi connectivity index (χ1n) is 5.59. The molecule has 1 aliphatic rings. The standard InChI is InChI=1S/C12H21BrOSi/c1-15(2,3)9-8-14-10-11-6-4-5-7-12(11)13/h4-5,7,11H,6,8-10H2,1-3H3. The van der Waals surface area contributed by atoms with Gasteiger partial charge in [0.05, 0.1) is 6.61 Å². The normalized spacial score (nSPS) is 21.6. The van der Waals surface area contributed by atoms with Gasteiger partial charge in [0.15, 0.2) is 0 Å². The summed E-state index contributed by atoms with van der Waals surface area (Å²) in [6, 6.07) is 1.26. The fraction of sp³-hybridized carbons (Fsp3) is 0.667. The average molecular weight is 289 g/mol. The molecule has 0 saturated heterocycles. The monoisotopic (exact) mass is 288 g/mol. The molecule has 1 atom stereocenters. The first-order chi connectivity index (χ1) is 6.99. The first-order valence-corrected chi connectivity index (χ1v) is 10.1. The summed E-state index contributed by atoms with van der Waals surface area (Å²) in [5.74, 6) is 0.539. The molecule has 15 heavy (non-hydrogen) atoms. The van der Waals surface area contributed by atoms with E-state index < -0.39 is 8.07 Å². The Morgan fingerprint density at radius 3 is 2.80 bits per heavy atom. The van der Waals surface area contributed by atoms with E-state index in [0.29, 0.717) is 5.92 Å². The molecule has 1 aliphatic carbocycles. The third kappa shape index (κ3) is 5.69. The smallest absolute Gasteiger partial charge is 0.0542 e. The Morgan fingerprint density at radius 1 is 1.47 bits per heavy atom. The molecule has 0 N–H and O–H groups in total. The van der Waals surface area contributed by atoms with Crippen molar-refractivity contribution in [3.8, 4) is 0 Å². The van der Waals surface area contributed by atoms with Crippen LogP contribution in [-0.4, -0.2) is 21.3 Å². The van der Waals surface area contributed by atoms with Gasteiger partial charge in [-0.2, -0.15) is 0 Å². The van der Waals surface area contributed by atoms with Crippen molar-refractivity contribution >= 4 is 24.0 Å². The molecule has 0 aliphatic heterocycles. The van der Waals surface area contributed by atoms with Crippen LogP contribution in [0, 0.1) is 5.92 Å². The lowest BCUT2D eigenvalue weighted by atomic mass is 10.0. The fourth-order valence-corrected chi connectivity index (χ4v) is 2.63. The van der Waals surface area contributed by atoms with Crippen LogP contribution in [0.5, 0.6) is 0 Å². The maximum Gasteiger partial charge on any atom is 0.0542 e. The minimum Gasteiger partial charge on any atom is -0.381 e. The second-order valence-electron chi connectivity index (χ2n) is 5.30. The van der Waals surface area contributed by atoms with E-state index in [1.807, 2.05) is 0 Å². The third-order valence-electron chi connectivity index (χ3n) is 2.52. The van der Waals surface area contributed by atoms with Crippen molar-refractivity contribution in [2.75, 3.05) is 13.2 Å². The molecule has 0 aromatic carbocycles. The molecule has 1 rings (SSSR count). The number of rotatable bonds is 5. The summed E-state index contributed by atoms with van der Waals surface area (Å²) in [5.41, 5.74) is 0. The van der Waals surface area contributed by atoms with Gasteiger partial charge in [0.1, 0.15) is 0 Å². The third-order valence-corrected chi connectivity index (χ3v) is 5.13. The molecule has 0 radical (unpaired) electrons. The average Bonchev–Trinajstić information content (AvgIpc) is 2.13. The molecule has 3 heteroatoms. The summed E-state index contributed by atoms with van der Waals surface area (Å²) in [5, 5.41) is 0. The summed E-state index contributed by atoms with van der Waals surface area (Å²) in [7, 11) is -0.926. The highest BCUT2D eigenvalue weighted by Crippen LogP contribution is 2.25. The lowest BCUT2D eigenvalue weighted by molar-refractivity contribution is 0.123. The number of ether oxygens (including phenoxy) is 1. The van der Waals surface area contributed by atoms with Gasteiger partial charge in [0, 0.05) is 25.1 Å². The van der Waals surface area contributed by atoms with Crippen LogP contribution in [0.2, 0.25) is 25.7 Å². The maximum absolute atomic E-state index is 5.75. The molecule has 1 nitrogen and oxygen atoms in total. The Kier molecular flexibility index (Phi) is 5.30. The van der Waals surface area contributed by atoms with E-state index in [4.69, 9.17) is 4.74 Å². The molecular weight excluding hydrogens is 268 g/mol. The van der Waals surface area contributed by atoms with Crippen molar-refractivity contribution in [3.63, 3.8) is 0 Å². The van der Waals surface area contributed by atoms with Crippen LogP contribution in [0.3, 0.4) is 0 Å². The lowest BCUT2D eigenvalue weighted by Crippen LogP contribution is -2.22. The molecule has 0 heterocycles. The predicted molar refractivity (Wildman–Crippen MR) is 73.2 cm³/mol. The van der Waals surface area contributed by atoms with Gasteiger partial charge >= 0.3 is 0 Å². The van der Waals surface area contributed by atoms with Crippen molar-refractivity contribution in [2.45, 2.75) is 32.1 Å². The highest BCUT2D eigenvalue weighted by Gasteiger charge is 2.15. The Balaban J connectivity index is 2.16. The minimum atomic E-state index is -0.926. The summed E-state index contributed by atoms with van der Waals surface area (Å²) < 4.78 is 7.03. The number of allylic oxidation sites excluding steroid dienone is 3. The molecule has 86 valence electrons. The number of halogens is 1. The second kappa shape index (κ2) is 6.02. The van der Waals surface area contributed by atoms with Crippen LogP contribution in [0.4, 0.5) is 0 Å². The minimum absolute atomic E-state index is 0.539. The fourth-order valence-electron chi connectivity index (χ4n) is 1.40. The molecule has 0 amide bonds. The van der Waals surface area contributed by atoms with Crippen LogP contribution in [-0.2, 0) is 4.74 Å². The molecule has 0 spiro atoms. The highest BCUT2D eigenvalue weighted by molar-refractivity contribution is 9.11. The second-order valence-corrected chi connectivity index (χ2v) is 11.8. The summed E-state index contributed by atoms with van der Waals surface area (Å²) in [6.45, 7) is 8.93. The maximum atomic E-state index is 5.75. The van der Waals surface area contributed by atoms with Crippen molar-refractivity contribution in [3.05, 3.63) is 22.7 Å². The van der Waals surface area contributed by atoms with Crippen LogP contribution >= 0.6 is 15.9 Å². The summed E-state index contributed by atoms with van der Waals surface area (Å²) in [6.07, 6.45) is 7.53. The first kappa shape index (κ1) is 13.2. The quantitative estimate of drug-likeness (QED) is 0.544. The van der Waals surface area contributed by atoms with Crippen LogP contribution in [0.1, 0.15) is 6.42 Å². The van der Waals surface area contributed by atoms with Crippen molar-refractivity contribution in [1.29, 1.82) is 0 Å². The van der Waals surface area contributed by atoms with E-state index in [9.17, 15) is 0 Å². The SMILES string of the molecule is C[Si](C)(C)CCOCC1CC=CC=C1Br. The Labute approximate surface area is 103 Å². The zero-order valence-corrected chi connectivity index (χ0v) is 12.5. The van der Waals surface area contributed by atoms with Crippen molar-refractivity contribution in [1.82, 2.24) is 0 Å². The van der Waals surface area contributed by atoms with Crippen LogP contribution < -0.4 is 0 Å². The summed E-state index contributed by atoms with van der Waals surface area (Å²) in [4.78, 5) is 0. The lowest BCUT2D eigenvalue weighted by Gasteiger charge is -2.19. The van der Waals surface area contributed by atoms with Gasteiger partial charge in [-0.25, -0.2) is 0 Å². The zero-order chi connectivity index (χ0) is 11.3. The van der Waals surface area contributed by atoms with E-state index in [1.165, 1.54) is 10.5 Å². The van der Waals surface area contributed by atoms with Crippen molar-refractivity contribution in [2.24, 2.45) is 5.92 Å². The molecule has 0 fully saturated rings. The van der Waals surface area contributed by atoms with Crippen LogP contribution in [0.25, 0.3) is 0 Å². The molecule has 0 bridgehead atoms. The number of hydrogen-bond acceptors (Lipinski definition) is 1. The molecular formula is C12H21BrOSi. The van der Waals surface area contributed by atoms with E-state index in [1.54, 1.807) is 0 Å². The van der Waals surface area contributed by atoms with Crippen molar-refractivity contribution < 1.29 is 4.74 Å². The van der Waals surface area contributed by atoms with E-state index in [2.05, 4.69) is 53.8 Å². The van der Waals surface area contributed by atoms with E-state index >= 15 is 0 Å². The van der Waals surface area contributed by atoms with Gasteiger partial charge in [-0.3, -0.25) is 0 Å². The Hall–Kier alpha value is 0.137. The number of hydrogen-bond donors (Lipinski definition) is 0. The largest absolute Gasteiger partial charge is 0.381 e. The van der Waals surface area contributed by atoms with Gasteiger partial charge in [0.2, 0.25) is 0 Å². The Bertz CT molecular complexity index is 253. The van der Waals surface area contributed by atoms with Gasteiger partial charge in [-0.1, -0.05) is 53.8 Å². The zero-order valence-electron chi connectivity index (χ0n) is 9.92. The Morgan fingerprint density at radius 2 is 2.20 bits per heavy atom. The van der Waals surface area contributed by atoms with E-state index in [-0.39, 0.29) is 0 Å². The molecule has 0 aromatic heterocycles. The molecule has 0 saturated carbocycles. The topological polar surface area (TPSA) is 9.23 Å². The summed E-state index contributed by atoms with van der Waals surface area (Å²) >= 11 is 3.58. The highest BCUT2D eigenvalue weighted by atomic mass is 79.9. The molecule has 1 unspecified atom stereocenters. The predicted octanol–water partition coefficient (Wildman–Crippen LogP) is 4.20. The van der Waals surface area contributed by atoms with Gasteiger partial charge in [0.25, 0.3) is 0 Å². The van der Waals surface area contributed by atoms with Gasteiger partial charge < -0.3 is 4.74 Å². The van der Waals surface area contributed by atoms with E-state index in [0.717, 1.165) is 19.6 Å². The van der Waals surface area contributed by atoms with Crippen LogP contribution in [0.15, 0.2) is 22.7 Å².